The highest BCUT2D eigenvalue weighted by Gasteiger charge is 2.32. The van der Waals surface area contributed by atoms with E-state index >= 15 is 0 Å². The zero-order valence-corrected chi connectivity index (χ0v) is 18.6. The zero-order valence-electron chi connectivity index (χ0n) is 17.8. The molecule has 1 unspecified atom stereocenters. The Kier molecular flexibility index (Phi) is 5.24. The summed E-state index contributed by atoms with van der Waals surface area (Å²) in [5, 5.41) is 7.87. The minimum atomic E-state index is -3.17. The molecule has 0 aliphatic carbocycles. The summed E-state index contributed by atoms with van der Waals surface area (Å²) < 4.78 is 45.6. The van der Waals surface area contributed by atoms with E-state index in [9.17, 15) is 17.6 Å². The van der Waals surface area contributed by atoms with Crippen LogP contribution >= 0.6 is 0 Å². The van der Waals surface area contributed by atoms with Crippen molar-refractivity contribution in [2.45, 2.75) is 25.9 Å². The largest absolute Gasteiger partial charge is 0.467 e. The van der Waals surface area contributed by atoms with Crippen LogP contribution in [0.5, 0.6) is 0 Å². The molecule has 170 valence electrons. The molecular weight excluding hydrogens is 447 g/mol. The molecule has 0 radical (unpaired) electrons. The van der Waals surface area contributed by atoms with Crippen molar-refractivity contribution in [3.8, 4) is 11.3 Å². The number of sulfone groups is 1. The van der Waals surface area contributed by atoms with Crippen molar-refractivity contribution in [3.63, 3.8) is 0 Å². The summed E-state index contributed by atoms with van der Waals surface area (Å²) in [4.78, 5) is 17.8. The molecule has 1 atom stereocenters. The van der Waals surface area contributed by atoms with Gasteiger partial charge in [-0.1, -0.05) is 12.1 Å². The SMILES string of the molecule is Cc1nn(C2CCS(=O)(=O)C2)c2nc(-c3ccccc3F)cc(C(=O)NCc3ccco3)c12. The maximum Gasteiger partial charge on any atom is 0.252 e. The summed E-state index contributed by atoms with van der Waals surface area (Å²) in [6.07, 6.45) is 1.93. The van der Waals surface area contributed by atoms with Gasteiger partial charge in [0, 0.05) is 5.56 Å². The highest BCUT2D eigenvalue weighted by Crippen LogP contribution is 2.32. The first-order valence-corrected chi connectivity index (χ1v) is 12.3. The Morgan fingerprint density at radius 3 is 2.79 bits per heavy atom. The number of nitrogens with one attached hydrogen (secondary N) is 1. The third-order valence-corrected chi connectivity index (χ3v) is 7.54. The van der Waals surface area contributed by atoms with Crippen LogP contribution in [-0.2, 0) is 16.4 Å². The Morgan fingerprint density at radius 1 is 1.27 bits per heavy atom. The molecule has 1 amide bonds. The molecule has 1 aromatic carbocycles. The molecular formula is C23H21FN4O4S. The molecule has 1 aliphatic rings. The molecule has 0 bridgehead atoms. The van der Waals surface area contributed by atoms with Gasteiger partial charge in [-0.3, -0.25) is 4.79 Å². The van der Waals surface area contributed by atoms with Crippen LogP contribution < -0.4 is 5.32 Å². The van der Waals surface area contributed by atoms with E-state index in [4.69, 9.17) is 4.42 Å². The summed E-state index contributed by atoms with van der Waals surface area (Å²) in [5.74, 6) is -0.252. The van der Waals surface area contributed by atoms with Gasteiger partial charge in [0.2, 0.25) is 0 Å². The van der Waals surface area contributed by atoms with Crippen LogP contribution in [0.2, 0.25) is 0 Å². The number of halogens is 1. The van der Waals surface area contributed by atoms with E-state index in [1.54, 1.807) is 48.0 Å². The van der Waals surface area contributed by atoms with E-state index in [1.165, 1.54) is 12.3 Å². The average molecular weight is 469 g/mol. The number of nitrogens with zero attached hydrogens (tertiary/aromatic N) is 3. The fourth-order valence-corrected chi connectivity index (χ4v) is 5.89. The monoisotopic (exact) mass is 468 g/mol. The van der Waals surface area contributed by atoms with Gasteiger partial charge in [-0.25, -0.2) is 22.5 Å². The quantitative estimate of drug-likeness (QED) is 0.481. The number of rotatable bonds is 5. The van der Waals surface area contributed by atoms with E-state index in [0.29, 0.717) is 28.9 Å². The summed E-state index contributed by atoms with van der Waals surface area (Å²) in [6, 6.07) is 10.8. The molecule has 10 heteroatoms. The summed E-state index contributed by atoms with van der Waals surface area (Å²) in [6.45, 7) is 1.93. The van der Waals surface area contributed by atoms with Crippen LogP contribution in [-0.4, -0.2) is 40.6 Å². The summed E-state index contributed by atoms with van der Waals surface area (Å²) in [5.41, 5.74) is 1.70. The lowest BCUT2D eigenvalue weighted by Gasteiger charge is -2.12. The van der Waals surface area contributed by atoms with Gasteiger partial charge in [-0.05, 0) is 43.7 Å². The Hall–Kier alpha value is -3.53. The van der Waals surface area contributed by atoms with Crippen molar-refractivity contribution < 1.29 is 22.0 Å². The maximum absolute atomic E-state index is 14.6. The molecule has 1 N–H and O–H groups in total. The van der Waals surface area contributed by atoms with Gasteiger partial charge in [0.05, 0.1) is 52.7 Å². The number of furan rings is 1. The van der Waals surface area contributed by atoms with E-state index < -0.39 is 27.6 Å². The minimum Gasteiger partial charge on any atom is -0.467 e. The van der Waals surface area contributed by atoms with E-state index in [1.807, 2.05) is 0 Å². The predicted octanol–water partition coefficient (Wildman–Crippen LogP) is 3.43. The Balaban J connectivity index is 1.66. The zero-order chi connectivity index (χ0) is 23.2. The predicted molar refractivity (Wildman–Crippen MR) is 120 cm³/mol. The van der Waals surface area contributed by atoms with Gasteiger partial charge in [-0.2, -0.15) is 5.10 Å². The number of aromatic nitrogens is 3. The van der Waals surface area contributed by atoms with Gasteiger partial charge in [-0.15, -0.1) is 0 Å². The van der Waals surface area contributed by atoms with Crippen LogP contribution in [0.1, 0.15) is 34.3 Å². The van der Waals surface area contributed by atoms with E-state index in [0.717, 1.165) is 0 Å². The minimum absolute atomic E-state index is 0.0468. The smallest absolute Gasteiger partial charge is 0.252 e. The van der Waals surface area contributed by atoms with E-state index in [2.05, 4.69) is 15.4 Å². The standard InChI is InChI=1S/C23H21FN4O4S/c1-14-21-18(23(29)25-12-16-5-4-9-32-16)11-20(17-6-2-3-7-19(17)24)26-22(21)28(27-14)15-8-10-33(30,31)13-15/h2-7,9,11,15H,8,10,12-13H2,1H3,(H,25,29). The molecule has 3 aromatic heterocycles. The number of fused-ring (bicyclic) bond motifs is 1. The van der Waals surface area contributed by atoms with Crippen molar-refractivity contribution in [1.82, 2.24) is 20.1 Å². The van der Waals surface area contributed by atoms with Gasteiger partial charge in [0.25, 0.3) is 5.91 Å². The first-order valence-electron chi connectivity index (χ1n) is 10.5. The summed E-state index contributed by atoms with van der Waals surface area (Å²) in [7, 11) is -3.17. The van der Waals surface area contributed by atoms with Crippen LogP contribution in [0, 0.1) is 12.7 Å². The second-order valence-corrected chi connectivity index (χ2v) is 10.3. The molecule has 1 aliphatic heterocycles. The molecule has 1 fully saturated rings. The van der Waals surface area contributed by atoms with E-state index in [-0.39, 0.29) is 34.9 Å². The number of hydrogen-bond acceptors (Lipinski definition) is 6. The molecule has 4 heterocycles. The lowest BCUT2D eigenvalue weighted by atomic mass is 10.0. The normalized spacial score (nSPS) is 17.5. The topological polar surface area (TPSA) is 107 Å². The fraction of sp³-hybridized carbons (Fsp3) is 0.261. The summed E-state index contributed by atoms with van der Waals surface area (Å²) >= 11 is 0. The maximum atomic E-state index is 14.6. The second-order valence-electron chi connectivity index (χ2n) is 8.08. The number of pyridine rings is 1. The molecule has 1 saturated heterocycles. The van der Waals surface area contributed by atoms with Crippen molar-refractivity contribution >= 4 is 26.8 Å². The number of benzene rings is 1. The molecule has 4 aromatic rings. The highest BCUT2D eigenvalue weighted by atomic mass is 32.2. The van der Waals surface area contributed by atoms with Crippen molar-refractivity contribution in [1.29, 1.82) is 0 Å². The number of carbonyl (C=O) groups excluding carboxylic acids is 1. The van der Waals surface area contributed by atoms with Gasteiger partial charge < -0.3 is 9.73 Å². The fourth-order valence-electron chi connectivity index (χ4n) is 4.20. The van der Waals surface area contributed by atoms with Crippen LogP contribution in [0.25, 0.3) is 22.3 Å². The molecule has 5 rings (SSSR count). The Bertz CT molecular complexity index is 1460. The van der Waals surface area contributed by atoms with Crippen molar-refractivity contribution in [2.75, 3.05) is 11.5 Å². The Labute approximate surface area is 189 Å². The third kappa shape index (κ3) is 4.02. The Morgan fingerprint density at radius 2 is 2.09 bits per heavy atom. The van der Waals surface area contributed by atoms with Crippen molar-refractivity contribution in [2.24, 2.45) is 0 Å². The van der Waals surface area contributed by atoms with Crippen molar-refractivity contribution in [3.05, 3.63) is 71.6 Å². The lowest BCUT2D eigenvalue weighted by molar-refractivity contribution is 0.0949. The first-order chi connectivity index (χ1) is 15.8. The van der Waals surface area contributed by atoms with Crippen LogP contribution in [0.15, 0.2) is 53.1 Å². The van der Waals surface area contributed by atoms with Gasteiger partial charge in [0.15, 0.2) is 15.5 Å². The molecule has 8 nitrogen and oxygen atoms in total. The lowest BCUT2D eigenvalue weighted by Crippen LogP contribution is -2.23. The molecule has 0 spiro atoms. The van der Waals surface area contributed by atoms with Crippen LogP contribution in [0.3, 0.4) is 0 Å². The average Bonchev–Trinajstić information content (AvgIpc) is 3.51. The van der Waals surface area contributed by atoms with Gasteiger partial charge >= 0.3 is 0 Å². The number of hydrogen-bond donors (Lipinski definition) is 1. The second kappa shape index (κ2) is 8.11. The number of carbonyl (C=O) groups is 1. The number of amides is 1. The first kappa shape index (κ1) is 21.3. The van der Waals surface area contributed by atoms with Gasteiger partial charge in [0.1, 0.15) is 11.6 Å². The third-order valence-electron chi connectivity index (χ3n) is 5.79. The highest BCUT2D eigenvalue weighted by molar-refractivity contribution is 7.91. The number of aryl methyl sites for hydroxylation is 1. The van der Waals surface area contributed by atoms with Crippen LogP contribution in [0.4, 0.5) is 4.39 Å². The molecule has 0 saturated carbocycles. The molecule has 33 heavy (non-hydrogen) atoms.